The maximum absolute atomic E-state index is 11.9. The summed E-state index contributed by atoms with van der Waals surface area (Å²) in [4.78, 5) is 14.2. The average molecular weight is 319 g/mol. The van der Waals surface area contributed by atoms with Crippen molar-refractivity contribution >= 4 is 5.97 Å². The molecule has 128 valence electrons. The quantitative estimate of drug-likeness (QED) is 0.874. The molecular weight excluding hydrogens is 290 g/mol. The van der Waals surface area contributed by atoms with Crippen LogP contribution in [-0.2, 0) is 16.8 Å². The Morgan fingerprint density at radius 1 is 1.48 bits per heavy atom. The minimum atomic E-state index is -0.603. The van der Waals surface area contributed by atoms with E-state index in [1.54, 1.807) is 0 Å². The van der Waals surface area contributed by atoms with E-state index in [0.29, 0.717) is 12.5 Å². The van der Waals surface area contributed by atoms with Gasteiger partial charge in [-0.3, -0.25) is 14.8 Å². The molecule has 2 heterocycles. The fraction of sp³-hybridized carbons (Fsp3) is 0.778. The maximum atomic E-state index is 11.9. The molecule has 23 heavy (non-hydrogen) atoms. The van der Waals surface area contributed by atoms with Gasteiger partial charge >= 0.3 is 5.97 Å². The van der Waals surface area contributed by atoms with Gasteiger partial charge in [-0.05, 0) is 37.8 Å². The minimum absolute atomic E-state index is 0.0352. The average Bonchev–Trinajstić information content (AvgIpc) is 3.12. The molecule has 1 aliphatic heterocycles. The summed E-state index contributed by atoms with van der Waals surface area (Å²) >= 11 is 0. The van der Waals surface area contributed by atoms with Crippen molar-refractivity contribution in [2.45, 2.75) is 64.8 Å². The highest BCUT2D eigenvalue weighted by Gasteiger charge is 2.45. The monoisotopic (exact) mass is 319 g/mol. The third-order valence-electron chi connectivity index (χ3n) is 5.28. The predicted molar refractivity (Wildman–Crippen MR) is 89.2 cm³/mol. The number of hydrogen-bond donors (Lipinski definition) is 2. The third kappa shape index (κ3) is 3.77. The second-order valence-electron chi connectivity index (χ2n) is 8.58. The number of nitrogens with one attached hydrogen (secondary N) is 1. The van der Waals surface area contributed by atoms with E-state index in [1.807, 2.05) is 0 Å². The summed E-state index contributed by atoms with van der Waals surface area (Å²) in [5, 5.41) is 17.4. The van der Waals surface area contributed by atoms with E-state index >= 15 is 0 Å². The molecule has 5 nitrogen and oxygen atoms in total. The molecule has 0 unspecified atom stereocenters. The molecule has 5 heteroatoms. The molecular formula is C18H29N3O2. The topological polar surface area (TPSA) is 69.2 Å². The number of carboxylic acids is 1. The number of rotatable bonds is 5. The lowest BCUT2D eigenvalue weighted by Gasteiger charge is -2.40. The van der Waals surface area contributed by atoms with E-state index in [0.717, 1.165) is 43.7 Å². The highest BCUT2D eigenvalue weighted by Crippen LogP contribution is 2.45. The number of aromatic nitrogens is 2. The second-order valence-corrected chi connectivity index (χ2v) is 8.58. The van der Waals surface area contributed by atoms with Crippen molar-refractivity contribution in [1.29, 1.82) is 0 Å². The Morgan fingerprint density at radius 3 is 2.78 bits per heavy atom. The molecule has 0 aromatic carbocycles. The van der Waals surface area contributed by atoms with Gasteiger partial charge in [0.2, 0.25) is 0 Å². The van der Waals surface area contributed by atoms with Crippen LogP contribution in [-0.4, -0.2) is 39.3 Å². The van der Waals surface area contributed by atoms with Crippen molar-refractivity contribution in [1.82, 2.24) is 15.1 Å². The van der Waals surface area contributed by atoms with Crippen molar-refractivity contribution < 1.29 is 9.90 Å². The van der Waals surface area contributed by atoms with Crippen molar-refractivity contribution in [3.05, 3.63) is 17.5 Å². The highest BCUT2D eigenvalue weighted by molar-refractivity contribution is 5.75. The van der Waals surface area contributed by atoms with Gasteiger partial charge in [0.25, 0.3) is 0 Å². The van der Waals surface area contributed by atoms with Gasteiger partial charge in [-0.1, -0.05) is 33.6 Å². The number of carbonyl (C=O) groups is 1. The standard InChI is InChI=1S/C18H29N3O2/c1-17(2,3)15-9-14(19-20-15)11-21-8-4-7-18(12-21,16(22)23)10-13-5-6-13/h9,13H,4-8,10-12H2,1-3H3,(H,19,20)(H,22,23)/t18-/m1/s1. The van der Waals surface area contributed by atoms with E-state index < -0.39 is 11.4 Å². The van der Waals surface area contributed by atoms with Crippen LogP contribution in [0.5, 0.6) is 0 Å². The van der Waals surface area contributed by atoms with Gasteiger partial charge < -0.3 is 5.11 Å². The summed E-state index contributed by atoms with van der Waals surface area (Å²) in [5.74, 6) is 0.0415. The van der Waals surface area contributed by atoms with Crippen molar-refractivity contribution in [2.24, 2.45) is 11.3 Å². The first-order valence-electron chi connectivity index (χ1n) is 8.79. The van der Waals surface area contributed by atoms with Gasteiger partial charge in [0.1, 0.15) is 0 Å². The molecule has 0 radical (unpaired) electrons. The zero-order chi connectivity index (χ0) is 16.7. The summed E-state index contributed by atoms with van der Waals surface area (Å²) in [5.41, 5.74) is 1.65. The fourth-order valence-electron chi connectivity index (χ4n) is 3.73. The van der Waals surface area contributed by atoms with Gasteiger partial charge in [0.15, 0.2) is 0 Å². The molecule has 1 aromatic heterocycles. The van der Waals surface area contributed by atoms with Crippen LogP contribution in [0.25, 0.3) is 0 Å². The Bertz CT molecular complexity index is 571. The lowest BCUT2D eigenvalue weighted by atomic mass is 9.75. The lowest BCUT2D eigenvalue weighted by molar-refractivity contribution is -0.153. The number of aromatic amines is 1. The number of aliphatic carboxylic acids is 1. The second kappa shape index (κ2) is 5.93. The van der Waals surface area contributed by atoms with E-state index in [9.17, 15) is 9.90 Å². The smallest absolute Gasteiger partial charge is 0.310 e. The van der Waals surface area contributed by atoms with Crippen LogP contribution in [0.15, 0.2) is 6.07 Å². The molecule has 2 N–H and O–H groups in total. The normalized spacial score (nSPS) is 26.4. The largest absolute Gasteiger partial charge is 0.481 e. The summed E-state index contributed by atoms with van der Waals surface area (Å²) in [6.07, 6.45) is 5.08. The first-order valence-corrected chi connectivity index (χ1v) is 8.79. The number of nitrogens with zero attached hydrogens (tertiary/aromatic N) is 2. The molecule has 1 aliphatic carbocycles. The Morgan fingerprint density at radius 2 is 2.22 bits per heavy atom. The van der Waals surface area contributed by atoms with Crippen LogP contribution in [0.3, 0.4) is 0 Å². The van der Waals surface area contributed by atoms with Crippen LogP contribution >= 0.6 is 0 Å². The van der Waals surface area contributed by atoms with Gasteiger partial charge in [-0.2, -0.15) is 5.10 Å². The van der Waals surface area contributed by atoms with Crippen molar-refractivity contribution in [3.8, 4) is 0 Å². The molecule has 1 atom stereocenters. The maximum Gasteiger partial charge on any atom is 0.310 e. The SMILES string of the molecule is CC(C)(C)c1cc(CN2CCC[C@](CC3CC3)(C(=O)O)C2)[nH]n1. The fourth-order valence-corrected chi connectivity index (χ4v) is 3.73. The summed E-state index contributed by atoms with van der Waals surface area (Å²) in [6, 6.07) is 2.12. The Kier molecular flexibility index (Phi) is 4.25. The lowest BCUT2D eigenvalue weighted by Crippen LogP contribution is -2.47. The molecule has 2 fully saturated rings. The molecule has 1 saturated carbocycles. The zero-order valence-electron chi connectivity index (χ0n) is 14.6. The predicted octanol–water partition coefficient (Wildman–Crippen LogP) is 3.17. The van der Waals surface area contributed by atoms with E-state index in [2.05, 4.69) is 41.9 Å². The third-order valence-corrected chi connectivity index (χ3v) is 5.28. The Labute approximate surface area is 138 Å². The van der Waals surface area contributed by atoms with Gasteiger partial charge in [-0.25, -0.2) is 0 Å². The van der Waals surface area contributed by atoms with Gasteiger partial charge in [0, 0.05) is 24.2 Å². The van der Waals surface area contributed by atoms with Crippen molar-refractivity contribution in [3.63, 3.8) is 0 Å². The van der Waals surface area contributed by atoms with Crippen LogP contribution in [0, 0.1) is 11.3 Å². The molecule has 0 amide bonds. The Balaban J connectivity index is 1.68. The molecule has 3 rings (SSSR count). The minimum Gasteiger partial charge on any atom is -0.481 e. The zero-order valence-corrected chi connectivity index (χ0v) is 14.6. The number of likely N-dealkylation sites (tertiary alicyclic amines) is 1. The Hall–Kier alpha value is -1.36. The summed E-state index contributed by atoms with van der Waals surface area (Å²) in [6.45, 7) is 8.87. The molecule has 0 bridgehead atoms. The molecule has 1 aromatic rings. The van der Waals surface area contributed by atoms with Crippen LogP contribution in [0.2, 0.25) is 0 Å². The summed E-state index contributed by atoms with van der Waals surface area (Å²) < 4.78 is 0. The van der Waals surface area contributed by atoms with E-state index in [-0.39, 0.29) is 5.41 Å². The van der Waals surface area contributed by atoms with Crippen LogP contribution in [0.1, 0.15) is 64.3 Å². The first kappa shape index (κ1) is 16.5. The van der Waals surface area contributed by atoms with E-state index in [4.69, 9.17) is 0 Å². The van der Waals surface area contributed by atoms with Crippen LogP contribution in [0.4, 0.5) is 0 Å². The number of carboxylic acid groups (broad SMARTS) is 1. The first-order chi connectivity index (χ1) is 10.8. The van der Waals surface area contributed by atoms with E-state index in [1.165, 1.54) is 12.8 Å². The molecule has 1 saturated heterocycles. The van der Waals surface area contributed by atoms with Crippen molar-refractivity contribution in [2.75, 3.05) is 13.1 Å². The number of H-pyrrole nitrogens is 1. The molecule has 2 aliphatic rings. The van der Waals surface area contributed by atoms with Crippen LogP contribution < -0.4 is 0 Å². The molecule has 0 spiro atoms. The number of hydrogen-bond acceptors (Lipinski definition) is 3. The highest BCUT2D eigenvalue weighted by atomic mass is 16.4. The van der Waals surface area contributed by atoms with Gasteiger partial charge in [-0.15, -0.1) is 0 Å². The summed E-state index contributed by atoms with van der Waals surface area (Å²) in [7, 11) is 0. The van der Waals surface area contributed by atoms with Gasteiger partial charge in [0.05, 0.1) is 11.1 Å². The number of piperidine rings is 1.